The molecule has 0 bridgehead atoms. The third-order valence-corrected chi connectivity index (χ3v) is 8.20. The molecule has 1 aromatic heterocycles. The van der Waals surface area contributed by atoms with Crippen LogP contribution in [-0.4, -0.2) is 53.5 Å². The number of alkyl halides is 1. The van der Waals surface area contributed by atoms with E-state index in [1.807, 2.05) is 42.5 Å². The number of carboxylic acids is 1. The van der Waals surface area contributed by atoms with Gasteiger partial charge >= 0.3 is 5.97 Å². The minimum atomic E-state index is -1.14. The highest BCUT2D eigenvalue weighted by molar-refractivity contribution is 7.99. The van der Waals surface area contributed by atoms with Gasteiger partial charge in [-0.15, -0.1) is 11.8 Å². The first kappa shape index (κ1) is 26.7. The van der Waals surface area contributed by atoms with Gasteiger partial charge in [0.05, 0.1) is 12.6 Å². The van der Waals surface area contributed by atoms with Crippen molar-refractivity contribution in [2.75, 3.05) is 32.5 Å². The SMILES string of the molecule is COc1ccc2nccc([C@@H](F)CC[C@@H]3CCN(CCSc4cccc(Cl)c4)C[C@@H]3CC(=O)O)c2c1. The number of fused-ring (bicyclic) bond motifs is 1. The largest absolute Gasteiger partial charge is 0.497 e. The van der Waals surface area contributed by atoms with Gasteiger partial charge in [-0.05, 0) is 85.7 Å². The van der Waals surface area contributed by atoms with Gasteiger partial charge in [0.15, 0.2) is 0 Å². The van der Waals surface area contributed by atoms with E-state index in [0.29, 0.717) is 24.2 Å². The first-order valence-electron chi connectivity index (χ1n) is 12.3. The zero-order valence-electron chi connectivity index (χ0n) is 20.4. The fraction of sp³-hybridized carbons (Fsp3) is 0.429. The Bertz CT molecular complexity index is 1180. The van der Waals surface area contributed by atoms with Crippen LogP contribution in [0, 0.1) is 11.8 Å². The molecule has 3 atom stereocenters. The highest BCUT2D eigenvalue weighted by Crippen LogP contribution is 2.36. The molecule has 8 heteroatoms. The fourth-order valence-electron chi connectivity index (χ4n) is 5.11. The zero-order valence-corrected chi connectivity index (χ0v) is 22.0. The molecule has 2 aromatic carbocycles. The summed E-state index contributed by atoms with van der Waals surface area (Å²) < 4.78 is 20.8. The number of methoxy groups -OCH3 is 1. The van der Waals surface area contributed by atoms with Crippen molar-refractivity contribution >= 4 is 40.2 Å². The Balaban J connectivity index is 1.34. The number of likely N-dealkylation sites (tertiary alicyclic amines) is 1. The average molecular weight is 531 g/mol. The van der Waals surface area contributed by atoms with Crippen LogP contribution >= 0.6 is 23.4 Å². The molecule has 0 radical (unpaired) electrons. The third-order valence-electron chi connectivity index (χ3n) is 7.00. The number of carboxylic acid groups (broad SMARTS) is 1. The predicted octanol–water partition coefficient (Wildman–Crippen LogP) is 6.89. The molecular formula is C28H32ClFN2O3S. The molecule has 4 rings (SSSR count). The second-order valence-corrected chi connectivity index (χ2v) is 10.9. The van der Waals surface area contributed by atoms with E-state index in [0.717, 1.165) is 52.6 Å². The van der Waals surface area contributed by atoms with Gasteiger partial charge in [-0.1, -0.05) is 17.7 Å². The van der Waals surface area contributed by atoms with E-state index < -0.39 is 12.1 Å². The molecule has 0 aliphatic carbocycles. The van der Waals surface area contributed by atoms with Crippen molar-refractivity contribution in [1.82, 2.24) is 9.88 Å². The maximum Gasteiger partial charge on any atom is 0.303 e. The maximum absolute atomic E-state index is 15.5. The number of aliphatic carboxylic acids is 1. The number of ether oxygens (including phenoxy) is 1. The zero-order chi connectivity index (χ0) is 25.5. The van der Waals surface area contributed by atoms with Gasteiger partial charge < -0.3 is 14.7 Å². The van der Waals surface area contributed by atoms with Gasteiger partial charge in [-0.3, -0.25) is 9.78 Å². The highest BCUT2D eigenvalue weighted by Gasteiger charge is 2.31. The Hall–Kier alpha value is -2.35. The lowest BCUT2D eigenvalue weighted by atomic mass is 9.79. The van der Waals surface area contributed by atoms with E-state index in [-0.39, 0.29) is 18.3 Å². The Morgan fingerprint density at radius 3 is 2.92 bits per heavy atom. The molecule has 2 heterocycles. The second-order valence-electron chi connectivity index (χ2n) is 9.34. The van der Waals surface area contributed by atoms with Gasteiger partial charge in [-0.25, -0.2) is 4.39 Å². The summed E-state index contributed by atoms with van der Waals surface area (Å²) in [5.41, 5.74) is 1.35. The minimum absolute atomic E-state index is 0.0221. The summed E-state index contributed by atoms with van der Waals surface area (Å²) in [6.45, 7) is 2.53. The molecular weight excluding hydrogens is 499 g/mol. The predicted molar refractivity (Wildman–Crippen MR) is 144 cm³/mol. The molecule has 0 amide bonds. The lowest BCUT2D eigenvalue weighted by Gasteiger charge is -2.38. The summed E-state index contributed by atoms with van der Waals surface area (Å²) in [7, 11) is 1.59. The standard InChI is InChI=1S/C28H32ClFN2O3S/c1-35-22-6-8-27-25(17-22)24(9-11-31-27)26(30)7-5-19-10-12-32(18-20(19)15-28(33)34)13-14-36-23-4-2-3-21(29)16-23/h2-4,6,8-9,11,16-17,19-20,26H,5,7,10,12-15,18H2,1H3,(H,33,34)/t19-,20+,26+/m1/s1. The highest BCUT2D eigenvalue weighted by atomic mass is 35.5. The molecule has 0 saturated carbocycles. The van der Waals surface area contributed by atoms with Crippen molar-refractivity contribution in [2.45, 2.75) is 36.8 Å². The van der Waals surface area contributed by atoms with Crippen molar-refractivity contribution in [3.8, 4) is 5.75 Å². The number of pyridine rings is 1. The molecule has 1 fully saturated rings. The third kappa shape index (κ3) is 7.11. The van der Waals surface area contributed by atoms with Crippen LogP contribution in [0.5, 0.6) is 5.75 Å². The van der Waals surface area contributed by atoms with E-state index >= 15 is 4.39 Å². The van der Waals surface area contributed by atoms with Crippen molar-refractivity contribution in [3.05, 3.63) is 65.3 Å². The first-order chi connectivity index (χ1) is 17.4. The van der Waals surface area contributed by atoms with E-state index in [1.54, 1.807) is 31.1 Å². The van der Waals surface area contributed by atoms with Crippen LogP contribution in [0.1, 0.15) is 37.4 Å². The topological polar surface area (TPSA) is 62.7 Å². The molecule has 1 N–H and O–H groups in total. The monoisotopic (exact) mass is 530 g/mol. The number of carbonyl (C=O) groups is 1. The van der Waals surface area contributed by atoms with Crippen LogP contribution in [0.25, 0.3) is 10.9 Å². The van der Waals surface area contributed by atoms with Gasteiger partial charge in [0.2, 0.25) is 0 Å². The number of piperidine rings is 1. The van der Waals surface area contributed by atoms with E-state index in [4.69, 9.17) is 16.3 Å². The van der Waals surface area contributed by atoms with Gasteiger partial charge in [-0.2, -0.15) is 0 Å². The number of nitrogens with zero attached hydrogens (tertiary/aromatic N) is 2. The number of thioether (sulfide) groups is 1. The minimum Gasteiger partial charge on any atom is -0.497 e. The number of hydrogen-bond acceptors (Lipinski definition) is 5. The summed E-state index contributed by atoms with van der Waals surface area (Å²) in [4.78, 5) is 19.4. The van der Waals surface area contributed by atoms with Gasteiger partial charge in [0.25, 0.3) is 0 Å². The molecule has 1 aliphatic rings. The van der Waals surface area contributed by atoms with E-state index in [2.05, 4.69) is 9.88 Å². The van der Waals surface area contributed by atoms with Crippen molar-refractivity contribution in [3.63, 3.8) is 0 Å². The van der Waals surface area contributed by atoms with Crippen molar-refractivity contribution < 1.29 is 19.0 Å². The second kappa shape index (κ2) is 12.7. The smallest absolute Gasteiger partial charge is 0.303 e. The number of aromatic nitrogens is 1. The average Bonchev–Trinajstić information content (AvgIpc) is 2.87. The molecule has 3 aromatic rings. The lowest BCUT2D eigenvalue weighted by Crippen LogP contribution is -2.42. The van der Waals surface area contributed by atoms with Crippen LogP contribution in [0.2, 0.25) is 5.02 Å². The Morgan fingerprint density at radius 2 is 2.14 bits per heavy atom. The Kier molecular flexibility index (Phi) is 9.46. The number of hydrogen-bond donors (Lipinski definition) is 1. The quantitative estimate of drug-likeness (QED) is 0.272. The van der Waals surface area contributed by atoms with Crippen molar-refractivity contribution in [2.24, 2.45) is 11.8 Å². The normalized spacial score (nSPS) is 19.3. The van der Waals surface area contributed by atoms with Crippen LogP contribution < -0.4 is 4.74 Å². The van der Waals surface area contributed by atoms with E-state index in [1.165, 1.54) is 0 Å². The summed E-state index contributed by atoms with van der Waals surface area (Å²) in [6.07, 6.45) is 2.54. The lowest BCUT2D eigenvalue weighted by molar-refractivity contribution is -0.139. The number of benzene rings is 2. The van der Waals surface area contributed by atoms with Crippen molar-refractivity contribution in [1.29, 1.82) is 0 Å². The van der Waals surface area contributed by atoms with Crippen LogP contribution in [-0.2, 0) is 4.79 Å². The molecule has 36 heavy (non-hydrogen) atoms. The van der Waals surface area contributed by atoms with Crippen LogP contribution in [0.4, 0.5) is 4.39 Å². The van der Waals surface area contributed by atoms with Crippen LogP contribution in [0.15, 0.2) is 59.6 Å². The van der Waals surface area contributed by atoms with Crippen LogP contribution in [0.3, 0.4) is 0 Å². The Labute approximate surface area is 221 Å². The molecule has 0 unspecified atom stereocenters. The summed E-state index contributed by atoms with van der Waals surface area (Å²) >= 11 is 7.83. The molecule has 1 saturated heterocycles. The van der Waals surface area contributed by atoms with Gasteiger partial charge in [0.1, 0.15) is 11.9 Å². The summed E-state index contributed by atoms with van der Waals surface area (Å²) in [5, 5.41) is 11.0. The molecule has 0 spiro atoms. The fourth-order valence-corrected chi connectivity index (χ4v) is 6.33. The molecule has 192 valence electrons. The number of rotatable bonds is 11. The number of halogens is 2. The molecule has 1 aliphatic heterocycles. The maximum atomic E-state index is 15.5. The first-order valence-corrected chi connectivity index (χ1v) is 13.7. The van der Waals surface area contributed by atoms with E-state index in [9.17, 15) is 9.90 Å². The summed E-state index contributed by atoms with van der Waals surface area (Å²) in [5.74, 6) is 1.01. The summed E-state index contributed by atoms with van der Waals surface area (Å²) in [6, 6.07) is 15.1. The Morgan fingerprint density at radius 1 is 1.28 bits per heavy atom. The van der Waals surface area contributed by atoms with Gasteiger partial charge in [0, 0.05) is 46.8 Å². The molecule has 5 nitrogen and oxygen atoms in total.